The lowest BCUT2D eigenvalue weighted by atomic mass is 10.2. The van der Waals surface area contributed by atoms with E-state index >= 15 is 0 Å². The fraction of sp³-hybridized carbons (Fsp3) is 0.429. The van der Waals surface area contributed by atoms with Gasteiger partial charge in [0, 0.05) is 20.0 Å². The third kappa shape index (κ3) is 3.53. The van der Waals surface area contributed by atoms with Crippen molar-refractivity contribution in [3.8, 4) is 0 Å². The predicted octanol–water partition coefficient (Wildman–Crippen LogP) is 2.19. The van der Waals surface area contributed by atoms with Gasteiger partial charge in [0.05, 0.1) is 0 Å². The molecule has 0 aliphatic carbocycles. The van der Waals surface area contributed by atoms with Crippen molar-refractivity contribution in [1.82, 2.24) is 4.90 Å². The van der Waals surface area contributed by atoms with Crippen molar-refractivity contribution < 1.29 is 18.4 Å². The third-order valence-corrected chi connectivity index (χ3v) is 3.00. The van der Waals surface area contributed by atoms with Crippen LogP contribution in [-0.2, 0) is 9.59 Å². The standard InChI is InChI=1S/C14H18F2N2O2/c1-4-17(5-2)13(20)9-18(10(3)19)14-11(15)7-6-8-12(14)16/h6-8H,4-5,9H2,1-3H3. The molecule has 0 atom stereocenters. The largest absolute Gasteiger partial charge is 0.342 e. The molecule has 0 aliphatic heterocycles. The summed E-state index contributed by atoms with van der Waals surface area (Å²) >= 11 is 0. The van der Waals surface area contributed by atoms with E-state index in [0.29, 0.717) is 13.1 Å². The van der Waals surface area contributed by atoms with Gasteiger partial charge in [0.15, 0.2) is 0 Å². The van der Waals surface area contributed by atoms with Crippen molar-refractivity contribution >= 4 is 17.5 Å². The second-order valence-electron chi connectivity index (χ2n) is 4.24. The van der Waals surface area contributed by atoms with E-state index in [2.05, 4.69) is 0 Å². The number of carbonyl (C=O) groups is 2. The molecule has 0 heterocycles. The summed E-state index contributed by atoms with van der Waals surface area (Å²) in [4.78, 5) is 25.9. The number of hydrogen-bond donors (Lipinski definition) is 0. The third-order valence-electron chi connectivity index (χ3n) is 3.00. The van der Waals surface area contributed by atoms with E-state index in [-0.39, 0.29) is 12.5 Å². The van der Waals surface area contributed by atoms with Crippen LogP contribution >= 0.6 is 0 Å². The average Bonchev–Trinajstić information content (AvgIpc) is 2.38. The molecule has 0 saturated carbocycles. The normalized spacial score (nSPS) is 10.2. The van der Waals surface area contributed by atoms with Crippen LogP contribution in [0.2, 0.25) is 0 Å². The maximum absolute atomic E-state index is 13.7. The van der Waals surface area contributed by atoms with Crippen LogP contribution in [-0.4, -0.2) is 36.3 Å². The van der Waals surface area contributed by atoms with Gasteiger partial charge in [0.1, 0.15) is 23.9 Å². The minimum absolute atomic E-state index is 0.354. The van der Waals surface area contributed by atoms with E-state index in [0.717, 1.165) is 17.0 Å². The predicted molar refractivity (Wildman–Crippen MR) is 72.3 cm³/mol. The second kappa shape index (κ2) is 6.98. The van der Waals surface area contributed by atoms with Gasteiger partial charge in [0.2, 0.25) is 11.8 Å². The van der Waals surface area contributed by atoms with Gasteiger partial charge in [0.25, 0.3) is 0 Å². The van der Waals surface area contributed by atoms with Crippen molar-refractivity contribution in [1.29, 1.82) is 0 Å². The Kier molecular flexibility index (Phi) is 5.61. The molecule has 0 aliphatic rings. The molecule has 20 heavy (non-hydrogen) atoms. The molecular formula is C14H18F2N2O2. The Morgan fingerprint density at radius 1 is 1.10 bits per heavy atom. The molecule has 0 spiro atoms. The smallest absolute Gasteiger partial charge is 0.242 e. The van der Waals surface area contributed by atoms with Crippen LogP contribution in [0.1, 0.15) is 20.8 Å². The summed E-state index contributed by atoms with van der Waals surface area (Å²) in [5.41, 5.74) is -0.486. The van der Waals surface area contributed by atoms with Gasteiger partial charge in [-0.25, -0.2) is 8.78 Å². The Balaban J connectivity index is 3.08. The van der Waals surface area contributed by atoms with Crippen LogP contribution in [0.4, 0.5) is 14.5 Å². The Morgan fingerprint density at radius 2 is 1.60 bits per heavy atom. The molecule has 0 radical (unpaired) electrons. The monoisotopic (exact) mass is 284 g/mol. The molecule has 6 heteroatoms. The van der Waals surface area contributed by atoms with Gasteiger partial charge >= 0.3 is 0 Å². The minimum Gasteiger partial charge on any atom is -0.342 e. The van der Waals surface area contributed by atoms with E-state index in [1.54, 1.807) is 13.8 Å². The van der Waals surface area contributed by atoms with Crippen molar-refractivity contribution in [3.05, 3.63) is 29.8 Å². The topological polar surface area (TPSA) is 40.6 Å². The molecule has 4 nitrogen and oxygen atoms in total. The van der Waals surface area contributed by atoms with Gasteiger partial charge in [-0.2, -0.15) is 0 Å². The molecule has 0 fully saturated rings. The molecular weight excluding hydrogens is 266 g/mol. The summed E-state index contributed by atoms with van der Waals surface area (Å²) < 4.78 is 27.4. The fourth-order valence-electron chi connectivity index (χ4n) is 1.91. The molecule has 1 aromatic rings. The Labute approximate surface area is 117 Å². The average molecular weight is 284 g/mol. The molecule has 0 aromatic heterocycles. The summed E-state index contributed by atoms with van der Waals surface area (Å²) in [6.07, 6.45) is 0. The zero-order chi connectivity index (χ0) is 15.3. The van der Waals surface area contributed by atoms with Gasteiger partial charge < -0.3 is 4.90 Å². The SMILES string of the molecule is CCN(CC)C(=O)CN(C(C)=O)c1c(F)cccc1F. The number of benzene rings is 1. The quantitative estimate of drug-likeness (QED) is 0.831. The van der Waals surface area contributed by atoms with Crippen LogP contribution in [0, 0.1) is 11.6 Å². The first kappa shape index (κ1) is 16.1. The lowest BCUT2D eigenvalue weighted by Gasteiger charge is -2.25. The number of nitrogens with zero attached hydrogens (tertiary/aromatic N) is 2. The molecule has 2 amide bonds. The number of likely N-dealkylation sites (N-methyl/N-ethyl adjacent to an activating group) is 1. The molecule has 0 N–H and O–H groups in total. The van der Waals surface area contributed by atoms with Crippen molar-refractivity contribution in [2.75, 3.05) is 24.5 Å². The highest BCUT2D eigenvalue weighted by atomic mass is 19.1. The molecule has 1 rings (SSSR count). The number of hydrogen-bond acceptors (Lipinski definition) is 2. The summed E-state index contributed by atoms with van der Waals surface area (Å²) in [7, 11) is 0. The zero-order valence-electron chi connectivity index (χ0n) is 11.8. The maximum atomic E-state index is 13.7. The van der Waals surface area contributed by atoms with Gasteiger partial charge in [-0.3, -0.25) is 14.5 Å². The highest BCUT2D eigenvalue weighted by Gasteiger charge is 2.24. The zero-order valence-corrected chi connectivity index (χ0v) is 11.8. The van der Waals surface area contributed by atoms with E-state index in [1.165, 1.54) is 17.9 Å². The number of para-hydroxylation sites is 1. The highest BCUT2D eigenvalue weighted by molar-refractivity contribution is 5.97. The number of carbonyl (C=O) groups excluding carboxylic acids is 2. The molecule has 1 aromatic carbocycles. The lowest BCUT2D eigenvalue weighted by Crippen LogP contribution is -2.42. The molecule has 110 valence electrons. The van der Waals surface area contributed by atoms with Gasteiger partial charge in [-0.15, -0.1) is 0 Å². The van der Waals surface area contributed by atoms with Crippen molar-refractivity contribution in [3.63, 3.8) is 0 Å². The highest BCUT2D eigenvalue weighted by Crippen LogP contribution is 2.23. The first-order valence-corrected chi connectivity index (χ1v) is 6.42. The first-order chi connectivity index (χ1) is 9.42. The summed E-state index contributed by atoms with van der Waals surface area (Å²) in [6.45, 7) is 5.32. The van der Waals surface area contributed by atoms with E-state index in [4.69, 9.17) is 0 Å². The van der Waals surface area contributed by atoms with Crippen molar-refractivity contribution in [2.24, 2.45) is 0 Å². The van der Waals surface area contributed by atoms with E-state index in [9.17, 15) is 18.4 Å². The van der Waals surface area contributed by atoms with E-state index in [1.807, 2.05) is 0 Å². The van der Waals surface area contributed by atoms with Crippen LogP contribution < -0.4 is 4.90 Å². The summed E-state index contributed by atoms with van der Waals surface area (Å²) in [5, 5.41) is 0. The number of halogens is 2. The van der Waals surface area contributed by atoms with Gasteiger partial charge in [-0.05, 0) is 26.0 Å². The Hall–Kier alpha value is -1.98. The number of rotatable bonds is 5. The minimum atomic E-state index is -0.868. The van der Waals surface area contributed by atoms with Gasteiger partial charge in [-0.1, -0.05) is 6.07 Å². The van der Waals surface area contributed by atoms with Crippen LogP contribution in [0.25, 0.3) is 0 Å². The summed E-state index contributed by atoms with van der Waals surface area (Å²) in [6, 6.07) is 3.31. The molecule has 0 unspecified atom stereocenters. The summed E-state index contributed by atoms with van der Waals surface area (Å²) in [5.74, 6) is -2.68. The first-order valence-electron chi connectivity index (χ1n) is 6.42. The van der Waals surface area contributed by atoms with E-state index < -0.39 is 23.2 Å². The maximum Gasteiger partial charge on any atom is 0.242 e. The van der Waals surface area contributed by atoms with Crippen LogP contribution in [0.15, 0.2) is 18.2 Å². The van der Waals surface area contributed by atoms with Crippen molar-refractivity contribution in [2.45, 2.75) is 20.8 Å². The molecule has 0 saturated heterocycles. The Morgan fingerprint density at radius 3 is 2.00 bits per heavy atom. The second-order valence-corrected chi connectivity index (χ2v) is 4.24. The lowest BCUT2D eigenvalue weighted by molar-refractivity contribution is -0.130. The van der Waals surface area contributed by atoms with Crippen LogP contribution in [0.3, 0.4) is 0 Å². The fourth-order valence-corrected chi connectivity index (χ4v) is 1.91. The number of amides is 2. The van der Waals surface area contributed by atoms with Crippen LogP contribution in [0.5, 0.6) is 0 Å². The molecule has 0 bridgehead atoms. The number of anilines is 1. The Bertz CT molecular complexity index is 482.